The van der Waals surface area contributed by atoms with E-state index in [0.29, 0.717) is 28.1 Å². The van der Waals surface area contributed by atoms with E-state index >= 15 is 0 Å². The molecule has 0 aromatic heterocycles. The zero-order valence-electron chi connectivity index (χ0n) is 15.9. The van der Waals surface area contributed by atoms with E-state index in [1.165, 1.54) is 30.6 Å². The second kappa shape index (κ2) is 7.30. The number of carbonyl (C=O) groups excluding carboxylic acids is 2. The minimum atomic E-state index is -0.300. The summed E-state index contributed by atoms with van der Waals surface area (Å²) in [5.74, 6) is 0.803. The van der Waals surface area contributed by atoms with Crippen LogP contribution in [0, 0.1) is 5.92 Å². The number of imide groups is 1. The van der Waals surface area contributed by atoms with Gasteiger partial charge in [0, 0.05) is 21.0 Å². The molecule has 0 atom stereocenters. The molecule has 0 spiro atoms. The minimum absolute atomic E-state index is 0.300. The van der Waals surface area contributed by atoms with Crippen LogP contribution in [0.4, 0.5) is 5.69 Å². The van der Waals surface area contributed by atoms with Crippen molar-refractivity contribution in [2.24, 2.45) is 5.92 Å². The SMILES string of the molecule is O=C1c2cccc3c(Br)ccc(c23)C(=O)N1c1ccc(OCC2CCCC2)cc1. The smallest absolute Gasteiger partial charge is 0.265 e. The quantitative estimate of drug-likeness (QED) is 0.460. The van der Waals surface area contributed by atoms with Crippen LogP contribution < -0.4 is 9.64 Å². The minimum Gasteiger partial charge on any atom is -0.493 e. The molecule has 0 unspecified atom stereocenters. The van der Waals surface area contributed by atoms with Crippen molar-refractivity contribution < 1.29 is 14.3 Å². The number of anilines is 1. The molecule has 5 rings (SSSR count). The zero-order valence-corrected chi connectivity index (χ0v) is 17.4. The average molecular weight is 450 g/mol. The predicted molar refractivity (Wildman–Crippen MR) is 117 cm³/mol. The standard InChI is InChI=1S/C24H20BrNO3/c25-21-13-12-20-22-18(21)6-3-7-19(22)23(27)26(24(20)28)16-8-10-17(11-9-16)29-14-15-4-1-2-5-15/h3,6-13,15H,1-2,4-5,14H2. The molecule has 2 aliphatic rings. The van der Waals surface area contributed by atoms with Crippen molar-refractivity contribution in [2.75, 3.05) is 11.5 Å². The number of ether oxygens (including phenoxy) is 1. The first-order valence-electron chi connectivity index (χ1n) is 9.96. The van der Waals surface area contributed by atoms with Crippen LogP contribution in [0.3, 0.4) is 0 Å². The Labute approximate surface area is 177 Å². The Morgan fingerprint density at radius 1 is 0.897 bits per heavy atom. The lowest BCUT2D eigenvalue weighted by atomic mass is 9.94. The maximum absolute atomic E-state index is 13.2. The summed E-state index contributed by atoms with van der Waals surface area (Å²) in [6.45, 7) is 0.727. The maximum Gasteiger partial charge on any atom is 0.265 e. The van der Waals surface area contributed by atoms with E-state index in [2.05, 4.69) is 15.9 Å². The fraction of sp³-hybridized carbons (Fsp3) is 0.250. The van der Waals surface area contributed by atoms with Gasteiger partial charge >= 0.3 is 0 Å². The van der Waals surface area contributed by atoms with E-state index < -0.39 is 0 Å². The van der Waals surface area contributed by atoms with Gasteiger partial charge in [-0.05, 0) is 66.6 Å². The highest BCUT2D eigenvalue weighted by Crippen LogP contribution is 2.36. The summed E-state index contributed by atoms with van der Waals surface area (Å²) < 4.78 is 6.78. The van der Waals surface area contributed by atoms with Crippen molar-refractivity contribution >= 4 is 44.2 Å². The number of rotatable bonds is 4. The van der Waals surface area contributed by atoms with Crippen molar-refractivity contribution in [2.45, 2.75) is 25.7 Å². The summed E-state index contributed by atoms with van der Waals surface area (Å²) in [6, 6.07) is 16.4. The first kappa shape index (κ1) is 18.4. The molecule has 146 valence electrons. The van der Waals surface area contributed by atoms with Gasteiger partial charge in [0.2, 0.25) is 0 Å². The summed E-state index contributed by atoms with van der Waals surface area (Å²) in [5, 5.41) is 1.58. The third-order valence-corrected chi connectivity index (χ3v) is 6.60. The lowest BCUT2D eigenvalue weighted by molar-refractivity contribution is 0.0893. The highest BCUT2D eigenvalue weighted by atomic mass is 79.9. The first-order valence-corrected chi connectivity index (χ1v) is 10.8. The molecule has 5 heteroatoms. The van der Waals surface area contributed by atoms with Gasteiger partial charge in [-0.25, -0.2) is 4.90 Å². The molecule has 1 aliphatic carbocycles. The Bertz CT molecular complexity index is 1090. The number of hydrogen-bond acceptors (Lipinski definition) is 3. The average Bonchev–Trinajstić information content (AvgIpc) is 3.26. The number of amides is 2. The van der Waals surface area contributed by atoms with E-state index in [4.69, 9.17) is 4.74 Å². The highest BCUT2D eigenvalue weighted by molar-refractivity contribution is 9.10. The van der Waals surface area contributed by atoms with E-state index in [-0.39, 0.29) is 11.8 Å². The molecule has 0 bridgehead atoms. The van der Waals surface area contributed by atoms with Gasteiger partial charge in [0.05, 0.1) is 12.3 Å². The number of carbonyl (C=O) groups is 2. The normalized spacial score (nSPS) is 16.7. The van der Waals surface area contributed by atoms with Gasteiger partial charge in [0.15, 0.2) is 0 Å². The Hall–Kier alpha value is -2.66. The van der Waals surface area contributed by atoms with Crippen molar-refractivity contribution in [3.05, 3.63) is 70.2 Å². The monoisotopic (exact) mass is 449 g/mol. The van der Waals surface area contributed by atoms with Crippen LogP contribution in [0.5, 0.6) is 5.75 Å². The summed E-state index contributed by atoms with van der Waals surface area (Å²) in [5.41, 5.74) is 1.64. The molecule has 1 heterocycles. The van der Waals surface area contributed by atoms with Crippen molar-refractivity contribution in [3.8, 4) is 5.75 Å². The summed E-state index contributed by atoms with van der Waals surface area (Å²) in [6.07, 6.45) is 5.04. The van der Waals surface area contributed by atoms with Gasteiger partial charge in [0.25, 0.3) is 11.8 Å². The number of benzene rings is 3. The molecule has 1 fully saturated rings. The largest absolute Gasteiger partial charge is 0.493 e. The molecule has 29 heavy (non-hydrogen) atoms. The molecule has 1 aliphatic heterocycles. The van der Waals surface area contributed by atoms with E-state index in [1.807, 2.05) is 30.3 Å². The second-order valence-electron chi connectivity index (χ2n) is 7.72. The molecular formula is C24H20BrNO3. The first-order chi connectivity index (χ1) is 14.1. The molecule has 1 saturated carbocycles. The van der Waals surface area contributed by atoms with Gasteiger partial charge < -0.3 is 4.74 Å². The van der Waals surface area contributed by atoms with Crippen LogP contribution in [0.2, 0.25) is 0 Å². The summed E-state index contributed by atoms with van der Waals surface area (Å²) >= 11 is 3.52. The predicted octanol–water partition coefficient (Wildman–Crippen LogP) is 5.97. The third-order valence-electron chi connectivity index (χ3n) is 5.91. The van der Waals surface area contributed by atoms with Crippen LogP contribution in [0.15, 0.2) is 59.1 Å². The second-order valence-corrected chi connectivity index (χ2v) is 8.58. The molecule has 0 radical (unpaired) electrons. The van der Waals surface area contributed by atoms with Gasteiger partial charge in [-0.1, -0.05) is 40.9 Å². The van der Waals surface area contributed by atoms with E-state index in [9.17, 15) is 9.59 Å². The van der Waals surface area contributed by atoms with Gasteiger partial charge in [-0.2, -0.15) is 0 Å². The Morgan fingerprint density at radius 3 is 2.31 bits per heavy atom. The topological polar surface area (TPSA) is 46.6 Å². The van der Waals surface area contributed by atoms with Crippen LogP contribution in [-0.2, 0) is 0 Å². The molecule has 0 saturated heterocycles. The lowest BCUT2D eigenvalue weighted by Gasteiger charge is -2.27. The number of nitrogens with zero attached hydrogens (tertiary/aromatic N) is 1. The molecule has 0 N–H and O–H groups in total. The fourth-order valence-corrected chi connectivity index (χ4v) is 4.84. The van der Waals surface area contributed by atoms with Gasteiger partial charge in [-0.3, -0.25) is 9.59 Å². The summed E-state index contributed by atoms with van der Waals surface area (Å²) in [4.78, 5) is 27.6. The zero-order chi connectivity index (χ0) is 20.0. The molecular weight excluding hydrogens is 430 g/mol. The van der Waals surface area contributed by atoms with Crippen LogP contribution >= 0.6 is 15.9 Å². The Balaban J connectivity index is 1.45. The fourth-order valence-electron chi connectivity index (χ4n) is 4.38. The van der Waals surface area contributed by atoms with E-state index in [1.54, 1.807) is 24.3 Å². The van der Waals surface area contributed by atoms with Crippen LogP contribution in [0.1, 0.15) is 46.4 Å². The molecule has 2 amide bonds. The lowest BCUT2D eigenvalue weighted by Crippen LogP contribution is -2.40. The summed E-state index contributed by atoms with van der Waals surface area (Å²) in [7, 11) is 0. The van der Waals surface area contributed by atoms with Gasteiger partial charge in [0.1, 0.15) is 5.75 Å². The van der Waals surface area contributed by atoms with Crippen molar-refractivity contribution in [1.29, 1.82) is 0 Å². The Morgan fingerprint density at radius 2 is 1.59 bits per heavy atom. The Kier molecular flexibility index (Phi) is 4.63. The molecule has 3 aromatic rings. The number of hydrogen-bond donors (Lipinski definition) is 0. The maximum atomic E-state index is 13.2. The van der Waals surface area contributed by atoms with Crippen molar-refractivity contribution in [3.63, 3.8) is 0 Å². The highest BCUT2D eigenvalue weighted by Gasteiger charge is 2.34. The van der Waals surface area contributed by atoms with Crippen LogP contribution in [0.25, 0.3) is 10.8 Å². The number of halogens is 1. The molecule has 4 nitrogen and oxygen atoms in total. The van der Waals surface area contributed by atoms with Gasteiger partial charge in [-0.15, -0.1) is 0 Å². The third kappa shape index (κ3) is 3.14. The van der Waals surface area contributed by atoms with E-state index in [0.717, 1.165) is 22.2 Å². The molecule has 3 aromatic carbocycles. The van der Waals surface area contributed by atoms with Crippen molar-refractivity contribution in [1.82, 2.24) is 0 Å². The van der Waals surface area contributed by atoms with Crippen LogP contribution in [-0.4, -0.2) is 18.4 Å².